The highest BCUT2D eigenvalue weighted by atomic mass is 35.5. The molecule has 1 rings (SSSR count). The average Bonchev–Trinajstić information content (AvgIpc) is 2.19. The summed E-state index contributed by atoms with van der Waals surface area (Å²) in [6.45, 7) is 3.78. The molecule has 0 bridgehead atoms. The van der Waals surface area contributed by atoms with E-state index in [9.17, 15) is 0 Å². The zero-order chi connectivity index (χ0) is 10.4. The number of halogens is 2. The molecule has 3 nitrogen and oxygen atoms in total. The number of rotatable bonds is 5. The van der Waals surface area contributed by atoms with E-state index in [2.05, 4.69) is 16.9 Å². The third-order valence-electron chi connectivity index (χ3n) is 1.74. The van der Waals surface area contributed by atoms with Crippen LogP contribution in [0.1, 0.15) is 13.3 Å². The minimum Gasteiger partial charge on any atom is -0.340 e. The molecule has 0 atom stereocenters. The summed E-state index contributed by atoms with van der Waals surface area (Å²) in [6, 6.07) is 0. The first-order chi connectivity index (χ1) is 6.77. The lowest BCUT2D eigenvalue weighted by Gasteiger charge is -2.20. The van der Waals surface area contributed by atoms with Gasteiger partial charge in [0.2, 0.25) is 5.95 Å². The Morgan fingerprint density at radius 3 is 2.43 bits per heavy atom. The maximum Gasteiger partial charge on any atom is 0.225 e. The van der Waals surface area contributed by atoms with Gasteiger partial charge in [-0.3, -0.25) is 0 Å². The zero-order valence-electron chi connectivity index (χ0n) is 8.08. The van der Waals surface area contributed by atoms with Crippen LogP contribution in [-0.2, 0) is 0 Å². The zero-order valence-corrected chi connectivity index (χ0v) is 9.59. The predicted molar refractivity (Wildman–Crippen MR) is 60.3 cm³/mol. The van der Waals surface area contributed by atoms with Crippen LogP contribution in [0.5, 0.6) is 0 Å². The first-order valence-electron chi connectivity index (χ1n) is 4.56. The van der Waals surface area contributed by atoms with Crippen molar-refractivity contribution < 1.29 is 0 Å². The summed E-state index contributed by atoms with van der Waals surface area (Å²) in [4.78, 5) is 10.3. The number of hydrogen-bond donors (Lipinski definition) is 0. The van der Waals surface area contributed by atoms with E-state index >= 15 is 0 Å². The summed E-state index contributed by atoms with van der Waals surface area (Å²) >= 11 is 11.4. The van der Waals surface area contributed by atoms with Gasteiger partial charge >= 0.3 is 0 Å². The molecule has 0 aliphatic heterocycles. The molecule has 0 aliphatic rings. The first kappa shape index (κ1) is 11.5. The molecule has 1 aromatic rings. The van der Waals surface area contributed by atoms with E-state index in [0.29, 0.717) is 16.9 Å². The number of aromatic nitrogens is 2. The van der Waals surface area contributed by atoms with Gasteiger partial charge in [-0.05, 0) is 6.42 Å². The molecule has 0 aliphatic carbocycles. The van der Waals surface area contributed by atoms with Crippen molar-refractivity contribution in [2.75, 3.05) is 23.9 Å². The van der Waals surface area contributed by atoms with Gasteiger partial charge < -0.3 is 4.90 Å². The lowest BCUT2D eigenvalue weighted by Crippen LogP contribution is -2.28. The normalized spacial score (nSPS) is 10.2. The average molecular weight is 234 g/mol. The van der Waals surface area contributed by atoms with E-state index in [4.69, 9.17) is 23.2 Å². The summed E-state index contributed by atoms with van der Waals surface area (Å²) in [5.74, 6) is 1.27. The number of hydrogen-bond acceptors (Lipinski definition) is 3. The summed E-state index contributed by atoms with van der Waals surface area (Å²) in [6.07, 6.45) is 4.24. The Kier molecular flexibility index (Phi) is 4.98. The van der Waals surface area contributed by atoms with Crippen molar-refractivity contribution in [2.45, 2.75) is 13.3 Å². The van der Waals surface area contributed by atoms with Gasteiger partial charge in [-0.1, -0.05) is 18.5 Å². The molecule has 0 saturated heterocycles. The van der Waals surface area contributed by atoms with Gasteiger partial charge in [-0.25, -0.2) is 9.97 Å². The number of nitrogens with zero attached hydrogens (tertiary/aromatic N) is 3. The molecule has 14 heavy (non-hydrogen) atoms. The Bertz CT molecular complexity index is 257. The van der Waals surface area contributed by atoms with E-state index in [1.807, 2.05) is 4.90 Å². The van der Waals surface area contributed by atoms with Crippen molar-refractivity contribution in [3.63, 3.8) is 0 Å². The Morgan fingerprint density at radius 1 is 1.29 bits per heavy atom. The van der Waals surface area contributed by atoms with Crippen molar-refractivity contribution in [3.8, 4) is 0 Å². The molecule has 1 heterocycles. The van der Waals surface area contributed by atoms with Crippen LogP contribution in [0.2, 0.25) is 5.02 Å². The van der Waals surface area contributed by atoms with Gasteiger partial charge in [0.05, 0.1) is 17.4 Å². The summed E-state index contributed by atoms with van der Waals surface area (Å²) in [7, 11) is 0. The highest BCUT2D eigenvalue weighted by Gasteiger charge is 2.06. The lowest BCUT2D eigenvalue weighted by atomic mass is 10.4. The van der Waals surface area contributed by atoms with Crippen molar-refractivity contribution >= 4 is 29.2 Å². The second-order valence-corrected chi connectivity index (χ2v) is 3.69. The second kappa shape index (κ2) is 6.04. The molecule has 0 spiro atoms. The third-order valence-corrected chi connectivity index (χ3v) is 2.10. The largest absolute Gasteiger partial charge is 0.340 e. The Morgan fingerprint density at radius 2 is 1.93 bits per heavy atom. The topological polar surface area (TPSA) is 29.0 Å². The van der Waals surface area contributed by atoms with E-state index < -0.39 is 0 Å². The van der Waals surface area contributed by atoms with Crippen molar-refractivity contribution in [1.29, 1.82) is 0 Å². The number of alkyl halides is 1. The minimum absolute atomic E-state index is 0.552. The third kappa shape index (κ3) is 3.31. The molecule has 0 N–H and O–H groups in total. The van der Waals surface area contributed by atoms with Crippen molar-refractivity contribution in [2.24, 2.45) is 0 Å². The van der Waals surface area contributed by atoms with Crippen molar-refractivity contribution in [3.05, 3.63) is 17.4 Å². The smallest absolute Gasteiger partial charge is 0.225 e. The van der Waals surface area contributed by atoms with Gasteiger partial charge in [0.1, 0.15) is 0 Å². The minimum atomic E-state index is 0.552. The molecule has 78 valence electrons. The predicted octanol–water partition coefficient (Wildman–Crippen LogP) is 2.59. The van der Waals surface area contributed by atoms with Crippen LogP contribution in [0.3, 0.4) is 0 Å². The maximum absolute atomic E-state index is 5.70. The fourth-order valence-corrected chi connectivity index (χ4v) is 1.45. The van der Waals surface area contributed by atoms with Crippen LogP contribution in [0.15, 0.2) is 12.4 Å². The van der Waals surface area contributed by atoms with E-state index in [0.717, 1.165) is 19.5 Å². The highest BCUT2D eigenvalue weighted by molar-refractivity contribution is 6.30. The van der Waals surface area contributed by atoms with Crippen LogP contribution < -0.4 is 4.90 Å². The van der Waals surface area contributed by atoms with E-state index in [1.54, 1.807) is 12.4 Å². The standard InChI is InChI=1S/C9H13Cl2N3/c1-2-4-14(5-3-10)9-12-6-8(11)7-13-9/h6-7H,2-5H2,1H3. The monoisotopic (exact) mass is 233 g/mol. The molecule has 0 amide bonds. The quantitative estimate of drug-likeness (QED) is 0.733. The molecule has 0 fully saturated rings. The lowest BCUT2D eigenvalue weighted by molar-refractivity contribution is 0.764. The van der Waals surface area contributed by atoms with Crippen LogP contribution in [0, 0.1) is 0 Å². The van der Waals surface area contributed by atoms with Crippen molar-refractivity contribution in [1.82, 2.24) is 9.97 Å². The Balaban J connectivity index is 2.71. The van der Waals surface area contributed by atoms with Crippen LogP contribution in [-0.4, -0.2) is 28.9 Å². The van der Waals surface area contributed by atoms with Crippen LogP contribution in [0.4, 0.5) is 5.95 Å². The molecular weight excluding hydrogens is 221 g/mol. The Hall–Kier alpha value is -0.540. The summed E-state index contributed by atoms with van der Waals surface area (Å²) in [5, 5.41) is 0.552. The van der Waals surface area contributed by atoms with Crippen LogP contribution >= 0.6 is 23.2 Å². The Labute approximate surface area is 94.1 Å². The molecule has 1 aromatic heterocycles. The maximum atomic E-state index is 5.70. The first-order valence-corrected chi connectivity index (χ1v) is 5.47. The van der Waals surface area contributed by atoms with E-state index in [1.165, 1.54) is 0 Å². The summed E-state index contributed by atoms with van der Waals surface area (Å²) in [5.41, 5.74) is 0. The van der Waals surface area contributed by atoms with E-state index in [-0.39, 0.29) is 0 Å². The molecule has 0 radical (unpaired) electrons. The summed E-state index contributed by atoms with van der Waals surface area (Å²) < 4.78 is 0. The highest BCUT2D eigenvalue weighted by Crippen LogP contribution is 2.10. The molecule has 0 unspecified atom stereocenters. The molecule has 0 aromatic carbocycles. The van der Waals surface area contributed by atoms with Gasteiger partial charge in [0.25, 0.3) is 0 Å². The second-order valence-electron chi connectivity index (χ2n) is 2.88. The number of anilines is 1. The van der Waals surface area contributed by atoms with Gasteiger partial charge in [-0.15, -0.1) is 11.6 Å². The van der Waals surface area contributed by atoms with Gasteiger partial charge in [0.15, 0.2) is 0 Å². The van der Waals surface area contributed by atoms with Crippen LogP contribution in [0.25, 0.3) is 0 Å². The SMILES string of the molecule is CCCN(CCCl)c1ncc(Cl)cn1. The van der Waals surface area contributed by atoms with Gasteiger partial charge in [-0.2, -0.15) is 0 Å². The molecular formula is C9H13Cl2N3. The molecule has 5 heteroatoms. The molecule has 0 saturated carbocycles. The fourth-order valence-electron chi connectivity index (χ4n) is 1.15. The van der Waals surface area contributed by atoms with Gasteiger partial charge in [0, 0.05) is 19.0 Å². The fraction of sp³-hybridized carbons (Fsp3) is 0.556.